The maximum Gasteiger partial charge on any atom is 0.241 e. The Morgan fingerprint density at radius 3 is 2.57 bits per heavy atom. The predicted octanol–water partition coefficient (Wildman–Crippen LogP) is 2.96. The highest BCUT2D eigenvalue weighted by Gasteiger charge is 2.19. The van der Waals surface area contributed by atoms with Crippen molar-refractivity contribution in [2.45, 2.75) is 63.9 Å². The lowest BCUT2D eigenvalue weighted by molar-refractivity contribution is 0.527. The smallest absolute Gasteiger partial charge is 0.241 e. The Balaban J connectivity index is 2.84. The molecule has 5 heteroatoms. The molecule has 4 nitrogen and oxygen atoms in total. The molecule has 1 aromatic rings. The summed E-state index contributed by atoms with van der Waals surface area (Å²) in [4.78, 5) is 0.387. The number of benzene rings is 1. The van der Waals surface area contributed by atoms with E-state index in [0.29, 0.717) is 11.4 Å². The molecule has 1 rings (SSSR count). The Bertz CT molecular complexity index is 541. The molecule has 1 atom stereocenters. The Kier molecular flexibility index (Phi) is 7.35. The highest BCUT2D eigenvalue weighted by Crippen LogP contribution is 2.18. The molecule has 0 aliphatic rings. The first-order valence-electron chi connectivity index (χ1n) is 7.67. The maximum atomic E-state index is 12.5. The van der Waals surface area contributed by atoms with E-state index in [1.165, 1.54) is 0 Å². The van der Waals surface area contributed by atoms with Gasteiger partial charge in [0.1, 0.15) is 0 Å². The molecular weight excluding hydrogens is 284 g/mol. The van der Waals surface area contributed by atoms with Gasteiger partial charge in [0.15, 0.2) is 0 Å². The number of unbranched alkanes of at least 4 members (excludes halogenated alkanes) is 2. The fourth-order valence-electron chi connectivity index (χ4n) is 2.34. The van der Waals surface area contributed by atoms with Crippen LogP contribution in [0.1, 0.15) is 50.7 Å². The van der Waals surface area contributed by atoms with E-state index in [0.717, 1.165) is 36.8 Å². The van der Waals surface area contributed by atoms with Crippen molar-refractivity contribution in [3.05, 3.63) is 29.3 Å². The first-order chi connectivity index (χ1) is 9.90. The minimum absolute atomic E-state index is 0.0334. The van der Waals surface area contributed by atoms with E-state index in [4.69, 9.17) is 0 Å². The fourth-order valence-corrected chi connectivity index (χ4v) is 3.91. The average Bonchev–Trinajstić information content (AvgIpc) is 2.41. The molecule has 0 fully saturated rings. The molecule has 0 spiro atoms. The van der Waals surface area contributed by atoms with Crippen LogP contribution in [0.4, 0.5) is 0 Å². The lowest BCUT2D eigenvalue weighted by atomic mass is 10.1. The zero-order chi connectivity index (χ0) is 15.9. The quantitative estimate of drug-likeness (QED) is 0.689. The van der Waals surface area contributed by atoms with Crippen molar-refractivity contribution in [3.63, 3.8) is 0 Å². The van der Waals surface area contributed by atoms with Crippen LogP contribution >= 0.6 is 0 Å². The predicted molar refractivity (Wildman–Crippen MR) is 87.9 cm³/mol. The molecule has 120 valence electrons. The summed E-state index contributed by atoms with van der Waals surface area (Å²) >= 11 is 0. The third-order valence-electron chi connectivity index (χ3n) is 3.52. The largest absolute Gasteiger partial charge is 0.316 e. The van der Waals surface area contributed by atoms with Gasteiger partial charge in [0.25, 0.3) is 0 Å². The molecule has 0 bridgehead atoms. The van der Waals surface area contributed by atoms with Crippen LogP contribution in [0.25, 0.3) is 0 Å². The highest BCUT2D eigenvalue weighted by atomic mass is 32.2. The Hall–Kier alpha value is -0.910. The summed E-state index contributed by atoms with van der Waals surface area (Å²) < 4.78 is 27.8. The fraction of sp³-hybridized carbons (Fsp3) is 0.625. The molecule has 0 saturated carbocycles. The number of hydrogen-bond donors (Lipinski definition) is 2. The van der Waals surface area contributed by atoms with Gasteiger partial charge in [0, 0.05) is 12.6 Å². The summed E-state index contributed by atoms with van der Waals surface area (Å²) in [6.07, 6.45) is 4.22. The standard InChI is InChI=1S/C16H28N2O2S/c1-5-6-7-8-14(3)18-21(19,20)16-11-15(12-17-4)10-9-13(16)2/h9-11,14,17-18H,5-8,12H2,1-4H3. The molecule has 0 aliphatic carbocycles. The van der Waals surface area contributed by atoms with Gasteiger partial charge < -0.3 is 5.32 Å². The van der Waals surface area contributed by atoms with Crippen LogP contribution in [-0.2, 0) is 16.6 Å². The van der Waals surface area contributed by atoms with E-state index in [9.17, 15) is 8.42 Å². The summed E-state index contributed by atoms with van der Waals surface area (Å²) in [6, 6.07) is 5.54. The van der Waals surface area contributed by atoms with Crippen LogP contribution in [0.3, 0.4) is 0 Å². The van der Waals surface area contributed by atoms with E-state index in [1.54, 1.807) is 6.07 Å². The topological polar surface area (TPSA) is 58.2 Å². The SMILES string of the molecule is CCCCCC(C)NS(=O)(=O)c1cc(CNC)ccc1C. The molecule has 0 amide bonds. The minimum atomic E-state index is -3.45. The summed E-state index contributed by atoms with van der Waals surface area (Å²) in [6.45, 7) is 6.57. The van der Waals surface area contributed by atoms with Gasteiger partial charge in [-0.1, -0.05) is 38.3 Å². The number of aryl methyl sites for hydroxylation is 1. The van der Waals surface area contributed by atoms with Crippen molar-refractivity contribution in [1.29, 1.82) is 0 Å². The summed E-state index contributed by atoms with van der Waals surface area (Å²) in [7, 11) is -1.60. The van der Waals surface area contributed by atoms with Gasteiger partial charge >= 0.3 is 0 Å². The van der Waals surface area contributed by atoms with Crippen molar-refractivity contribution in [1.82, 2.24) is 10.0 Å². The van der Waals surface area contributed by atoms with Gasteiger partial charge in [-0.05, 0) is 44.5 Å². The first-order valence-corrected chi connectivity index (χ1v) is 9.15. The molecular formula is C16H28N2O2S. The molecule has 2 N–H and O–H groups in total. The first kappa shape index (κ1) is 18.1. The number of hydrogen-bond acceptors (Lipinski definition) is 3. The van der Waals surface area contributed by atoms with Gasteiger partial charge in [0.2, 0.25) is 10.0 Å². The van der Waals surface area contributed by atoms with E-state index >= 15 is 0 Å². The van der Waals surface area contributed by atoms with Crippen LogP contribution < -0.4 is 10.0 Å². The van der Waals surface area contributed by atoms with E-state index in [2.05, 4.69) is 17.0 Å². The van der Waals surface area contributed by atoms with Crippen molar-refractivity contribution in [3.8, 4) is 0 Å². The second kappa shape index (κ2) is 8.51. The number of nitrogens with one attached hydrogen (secondary N) is 2. The van der Waals surface area contributed by atoms with Gasteiger partial charge in [-0.3, -0.25) is 0 Å². The maximum absolute atomic E-state index is 12.5. The molecule has 0 heterocycles. The van der Waals surface area contributed by atoms with E-state index in [-0.39, 0.29) is 6.04 Å². The van der Waals surface area contributed by atoms with Gasteiger partial charge in [-0.25, -0.2) is 13.1 Å². The molecule has 21 heavy (non-hydrogen) atoms. The Labute approximate surface area is 129 Å². The number of sulfonamides is 1. The average molecular weight is 312 g/mol. The van der Waals surface area contributed by atoms with Crippen LogP contribution in [0.2, 0.25) is 0 Å². The molecule has 0 saturated heterocycles. The molecule has 1 unspecified atom stereocenters. The van der Waals surface area contributed by atoms with Crippen molar-refractivity contribution < 1.29 is 8.42 Å². The highest BCUT2D eigenvalue weighted by molar-refractivity contribution is 7.89. The van der Waals surface area contributed by atoms with Crippen molar-refractivity contribution >= 4 is 10.0 Å². The monoisotopic (exact) mass is 312 g/mol. The lowest BCUT2D eigenvalue weighted by Crippen LogP contribution is -2.33. The van der Waals surface area contributed by atoms with Gasteiger partial charge in [-0.15, -0.1) is 0 Å². The summed E-state index contributed by atoms with van der Waals surface area (Å²) in [5, 5.41) is 3.04. The van der Waals surface area contributed by atoms with Crippen LogP contribution in [0, 0.1) is 6.92 Å². The number of rotatable bonds is 9. The van der Waals surface area contributed by atoms with Crippen LogP contribution in [-0.4, -0.2) is 21.5 Å². The molecule has 1 aromatic carbocycles. The Morgan fingerprint density at radius 1 is 1.24 bits per heavy atom. The third-order valence-corrected chi connectivity index (χ3v) is 5.25. The van der Waals surface area contributed by atoms with Crippen LogP contribution in [0.15, 0.2) is 23.1 Å². The zero-order valence-electron chi connectivity index (χ0n) is 13.6. The summed E-state index contributed by atoms with van der Waals surface area (Å²) in [5.41, 5.74) is 1.75. The van der Waals surface area contributed by atoms with Gasteiger partial charge in [-0.2, -0.15) is 0 Å². The lowest BCUT2D eigenvalue weighted by Gasteiger charge is -2.16. The molecule has 0 radical (unpaired) electrons. The van der Waals surface area contributed by atoms with Crippen LogP contribution in [0.5, 0.6) is 0 Å². The Morgan fingerprint density at radius 2 is 1.95 bits per heavy atom. The van der Waals surface area contributed by atoms with Gasteiger partial charge in [0.05, 0.1) is 4.90 Å². The second-order valence-corrected chi connectivity index (χ2v) is 7.33. The molecule has 0 aromatic heterocycles. The molecule has 0 aliphatic heterocycles. The third kappa shape index (κ3) is 5.77. The van der Waals surface area contributed by atoms with Crippen molar-refractivity contribution in [2.75, 3.05) is 7.05 Å². The van der Waals surface area contributed by atoms with E-state index in [1.807, 2.05) is 33.0 Å². The van der Waals surface area contributed by atoms with Crippen molar-refractivity contribution in [2.24, 2.45) is 0 Å². The van der Waals surface area contributed by atoms with E-state index < -0.39 is 10.0 Å². The normalized spacial score (nSPS) is 13.3. The minimum Gasteiger partial charge on any atom is -0.316 e. The summed E-state index contributed by atoms with van der Waals surface area (Å²) in [5.74, 6) is 0. The zero-order valence-corrected chi connectivity index (χ0v) is 14.4. The second-order valence-electron chi connectivity index (χ2n) is 5.65.